The van der Waals surface area contributed by atoms with Crippen LogP contribution in [0.15, 0.2) is 24.3 Å². The monoisotopic (exact) mass is 1530 g/mol. The van der Waals surface area contributed by atoms with E-state index in [1.165, 1.54) is 45.0 Å². The van der Waals surface area contributed by atoms with E-state index >= 15 is 0 Å². The number of carbonyl (C=O) groups is 14. The van der Waals surface area contributed by atoms with Crippen molar-refractivity contribution in [3.05, 3.63) is 29.8 Å². The number of hydrogen-bond donors (Lipinski definition) is 20. The van der Waals surface area contributed by atoms with Gasteiger partial charge in [0.25, 0.3) is 0 Å². The van der Waals surface area contributed by atoms with Gasteiger partial charge in [0, 0.05) is 32.5 Å². The molecule has 3 heterocycles. The molecule has 3 aliphatic heterocycles. The Kier molecular flexibility index (Phi) is 38.5. The highest BCUT2D eigenvalue weighted by Gasteiger charge is 2.48. The summed E-state index contributed by atoms with van der Waals surface area (Å²) in [5, 5.41) is 121. The number of aromatic hydroxyl groups is 1. The lowest BCUT2D eigenvalue weighted by molar-refractivity contribution is -0.155. The summed E-state index contributed by atoms with van der Waals surface area (Å²) in [6.45, 7) is 8.11. The SMILES string of the molecule is CCCCCCCCCCCCC[C@@H]1CC(=O)N[C@@H]([C@@H](C)O)C(=O)N[C@H](C)C(=O)N[C@@H](Cc2ccc(O)cc2)C(=O)N[C@@H](C(C)C)C(=O)N2C[C@H](O)C[C@H]2C(=O)N[C@@H]([C@@H](C)O)C(=O)N[C@@H]([C@@H](C)O)C(=O)N2CC[C@H](O)[C@H]2C(=O)N[C@@H]([C@H](O)CC(N)=O)C(=O)NCC(=O)N[C@@H]([C@@H](C)O)C(=O)N[C@@H](CCCO)C(=O)O1. The normalized spacial score (nSPS) is 28.1. The third kappa shape index (κ3) is 29.0. The van der Waals surface area contributed by atoms with Crippen molar-refractivity contribution in [2.75, 3.05) is 26.2 Å². The molecule has 3 fully saturated rings. The van der Waals surface area contributed by atoms with Gasteiger partial charge < -0.3 is 119 Å². The van der Waals surface area contributed by atoms with Gasteiger partial charge in [-0.05, 0) is 90.3 Å². The number of fused-ring (bicyclic) bond motifs is 2. The van der Waals surface area contributed by atoms with Gasteiger partial charge in [0.2, 0.25) is 76.8 Å². The van der Waals surface area contributed by atoms with Gasteiger partial charge in [-0.25, -0.2) is 4.79 Å². The third-order valence-corrected chi connectivity index (χ3v) is 18.9. The minimum atomic E-state index is -2.23. The molecule has 1 aromatic rings. The van der Waals surface area contributed by atoms with Crippen molar-refractivity contribution in [1.82, 2.24) is 63.0 Å². The zero-order valence-corrected chi connectivity index (χ0v) is 62.7. The molecule has 0 spiro atoms. The van der Waals surface area contributed by atoms with Gasteiger partial charge in [-0.1, -0.05) is 97.1 Å². The van der Waals surface area contributed by atoms with E-state index in [0.717, 1.165) is 90.4 Å². The first-order valence-corrected chi connectivity index (χ1v) is 37.1. The maximum absolute atomic E-state index is 14.8. The van der Waals surface area contributed by atoms with E-state index in [-0.39, 0.29) is 37.9 Å². The topological polar surface area (TPSA) is 583 Å². The van der Waals surface area contributed by atoms with Crippen LogP contribution in [0.2, 0.25) is 0 Å². The minimum absolute atomic E-state index is 0.0446. The van der Waals surface area contributed by atoms with Crippen LogP contribution in [0.4, 0.5) is 0 Å². The van der Waals surface area contributed by atoms with Crippen LogP contribution in [0.5, 0.6) is 5.75 Å². The summed E-state index contributed by atoms with van der Waals surface area (Å²) in [5.74, 6) is -17.3. The van der Waals surface area contributed by atoms with E-state index in [4.69, 9.17) is 10.5 Å². The van der Waals surface area contributed by atoms with Crippen LogP contribution in [-0.2, 0) is 78.3 Å². The first-order valence-electron chi connectivity index (χ1n) is 37.1. The Morgan fingerprint density at radius 1 is 0.546 bits per heavy atom. The molecule has 3 saturated heterocycles. The van der Waals surface area contributed by atoms with Gasteiger partial charge >= 0.3 is 5.97 Å². The number of primary amides is 1. The van der Waals surface area contributed by atoms with Gasteiger partial charge in [0.1, 0.15) is 78.3 Å². The zero-order chi connectivity index (χ0) is 80.8. The van der Waals surface area contributed by atoms with Crippen LogP contribution in [0.3, 0.4) is 0 Å². The summed E-state index contributed by atoms with van der Waals surface area (Å²) in [6, 6.07) is -14.5. The Labute approximate surface area is 627 Å². The molecule has 0 bridgehead atoms. The lowest BCUT2D eigenvalue weighted by atomic mass is 9.99. The average molecular weight is 1530 g/mol. The maximum Gasteiger partial charge on any atom is 0.328 e. The number of phenolic OH excluding ortho intramolecular Hbond substituents is 1. The quantitative estimate of drug-likeness (QED) is 0.0321. The number of nitrogens with zero attached hydrogens (tertiary/aromatic N) is 2. The van der Waals surface area contributed by atoms with Gasteiger partial charge in [0.05, 0.1) is 62.1 Å². The van der Waals surface area contributed by atoms with E-state index in [9.17, 15) is 113 Å². The molecule has 0 unspecified atom stereocenters. The first-order chi connectivity index (χ1) is 50.9. The number of phenols is 1. The Morgan fingerprint density at radius 3 is 1.60 bits per heavy atom. The van der Waals surface area contributed by atoms with Crippen LogP contribution in [0.1, 0.15) is 177 Å². The number of nitrogens with one attached hydrogen (secondary N) is 10. The van der Waals surface area contributed by atoms with Crippen molar-refractivity contribution in [2.45, 2.75) is 293 Å². The molecule has 608 valence electrons. The van der Waals surface area contributed by atoms with Crippen LogP contribution in [-0.4, -0.2) is 280 Å². The molecule has 37 nitrogen and oxygen atoms in total. The number of carbonyl (C=O) groups excluding carboxylic acids is 14. The molecule has 1 aromatic carbocycles. The van der Waals surface area contributed by atoms with Crippen molar-refractivity contribution in [3.8, 4) is 5.75 Å². The number of aliphatic hydroxyl groups is 8. The smallest absolute Gasteiger partial charge is 0.328 e. The highest BCUT2D eigenvalue weighted by atomic mass is 16.5. The van der Waals surface area contributed by atoms with Gasteiger partial charge in [-0.15, -0.1) is 0 Å². The lowest BCUT2D eigenvalue weighted by Crippen LogP contribution is -2.64. The lowest BCUT2D eigenvalue weighted by Gasteiger charge is -2.34. The molecule has 3 aliphatic rings. The third-order valence-electron chi connectivity index (χ3n) is 18.9. The maximum atomic E-state index is 14.8. The molecule has 4 rings (SSSR count). The van der Waals surface area contributed by atoms with Crippen LogP contribution in [0.25, 0.3) is 0 Å². The largest absolute Gasteiger partial charge is 0.508 e. The fourth-order valence-corrected chi connectivity index (χ4v) is 12.7. The number of unbranched alkanes of at least 4 members (excludes halogenated alkanes) is 10. The Hall–Kier alpha value is -8.72. The van der Waals surface area contributed by atoms with Crippen LogP contribution in [0, 0.1) is 5.92 Å². The van der Waals surface area contributed by atoms with Crippen molar-refractivity contribution < 1.29 is 118 Å². The number of ether oxygens (including phenoxy) is 1. The molecule has 0 aliphatic carbocycles. The van der Waals surface area contributed by atoms with Crippen molar-refractivity contribution in [1.29, 1.82) is 0 Å². The Balaban J connectivity index is 1.80. The minimum Gasteiger partial charge on any atom is -0.508 e. The fourth-order valence-electron chi connectivity index (χ4n) is 12.7. The number of rotatable bonds is 25. The summed E-state index contributed by atoms with van der Waals surface area (Å²) >= 11 is 0. The van der Waals surface area contributed by atoms with E-state index in [0.29, 0.717) is 23.3 Å². The summed E-state index contributed by atoms with van der Waals surface area (Å²) in [5.41, 5.74) is 5.69. The number of cyclic esters (lactones) is 1. The van der Waals surface area contributed by atoms with Crippen LogP contribution < -0.4 is 58.9 Å². The van der Waals surface area contributed by atoms with E-state index in [2.05, 4.69) is 60.1 Å². The van der Waals surface area contributed by atoms with E-state index in [1.807, 2.05) is 0 Å². The number of hydrogen-bond acceptors (Lipinski definition) is 24. The predicted molar refractivity (Wildman–Crippen MR) is 383 cm³/mol. The average Bonchev–Trinajstić information content (AvgIpc) is 1.62. The number of nitrogens with two attached hydrogens (primary N) is 1. The highest BCUT2D eigenvalue weighted by Crippen LogP contribution is 2.25. The number of amides is 13. The van der Waals surface area contributed by atoms with Gasteiger partial charge in [-0.2, -0.15) is 0 Å². The molecule has 13 amide bonds. The molecule has 0 saturated carbocycles. The first kappa shape index (κ1) is 91.7. The van der Waals surface area contributed by atoms with Crippen molar-refractivity contribution in [2.24, 2.45) is 11.7 Å². The second kappa shape index (κ2) is 45.3. The summed E-state index contributed by atoms with van der Waals surface area (Å²) in [4.78, 5) is 199. The number of aliphatic hydroxyl groups excluding tert-OH is 8. The standard InChI is InChI=1S/C71H115N13O24/c1-9-10-11-12-13-14-15-16-17-18-19-21-45-32-52(95)77-55(38(5)86)65(101)74-37(4)61(97)76-47(30-42-23-25-43(90)26-24-42)62(98)79-54(36(2)3)69(105)84-35-44(91)31-48(84)63(99)80-57(40(7)88)67(103)81-58(41(8)89)70(106)83-28-27-49(92)60(83)68(104)82-59(50(93)33-51(72)94)64(100)73-34-53(96)78-56(39(6)87)66(102)75-46(22-20-29-85)71(107)108-45/h23-26,36-41,44-50,54-60,85-93H,9-22,27-35H2,1-8H3,(H2,72,94)(H,73,100)(H,74,101)(H,75,102)(H,76,97)(H,77,95)(H,78,96)(H,79,98)(H,80,99)(H,81,103)(H,82,104)/t37-,38-,39-,40-,41-,44-,45-,46+,47+,48+,49+,50-,54+,55+,56+,57+,58+,59+,60+/m1/s1. The predicted octanol–water partition coefficient (Wildman–Crippen LogP) is -5.44. The van der Waals surface area contributed by atoms with Gasteiger partial charge in [-0.3, -0.25) is 62.3 Å². The Morgan fingerprint density at radius 2 is 1.05 bits per heavy atom. The van der Waals surface area contributed by atoms with E-state index in [1.54, 1.807) is 0 Å². The van der Waals surface area contributed by atoms with Crippen molar-refractivity contribution >= 4 is 82.8 Å². The summed E-state index contributed by atoms with van der Waals surface area (Å²) in [7, 11) is 0. The zero-order valence-electron chi connectivity index (χ0n) is 62.7. The van der Waals surface area contributed by atoms with Crippen molar-refractivity contribution in [3.63, 3.8) is 0 Å². The molecule has 37 heteroatoms. The molecule has 108 heavy (non-hydrogen) atoms. The number of benzene rings is 1. The molecule has 21 N–H and O–H groups in total. The summed E-state index contributed by atoms with van der Waals surface area (Å²) < 4.78 is 5.91. The second-order valence-electron chi connectivity index (χ2n) is 28.6. The van der Waals surface area contributed by atoms with Crippen LogP contribution >= 0.6 is 0 Å². The van der Waals surface area contributed by atoms with E-state index < -0.39 is 249 Å². The summed E-state index contributed by atoms with van der Waals surface area (Å²) in [6.07, 6.45) is -6.58. The van der Waals surface area contributed by atoms with Gasteiger partial charge in [0.15, 0.2) is 0 Å². The molecule has 0 aromatic heterocycles. The highest BCUT2D eigenvalue weighted by molar-refractivity contribution is 6.00. The molecular weight excluding hydrogens is 1420 g/mol. The number of esters is 1. The fraction of sp³-hybridized carbons (Fsp3) is 0.718. The molecule has 0 radical (unpaired) electrons. The molecular formula is C71H115N13O24. The Bertz CT molecular complexity index is 3200. The molecule has 19 atom stereocenters. The second-order valence-corrected chi connectivity index (χ2v) is 28.6.